The minimum Gasteiger partial charge on any atom is -0.389 e. The first-order valence-electron chi connectivity index (χ1n) is 8.48. The Bertz CT molecular complexity index is 437. The average Bonchev–Trinajstić information content (AvgIpc) is 2.56. The van der Waals surface area contributed by atoms with Crippen LogP contribution in [0, 0.1) is 0 Å². The fourth-order valence-electron chi connectivity index (χ4n) is 3.61. The Kier molecular flexibility index (Phi) is 5.84. The summed E-state index contributed by atoms with van der Waals surface area (Å²) < 4.78 is 11.5. The normalized spacial score (nSPS) is 27.3. The van der Waals surface area contributed by atoms with Gasteiger partial charge in [0, 0.05) is 19.1 Å². The van der Waals surface area contributed by atoms with Crippen LogP contribution in [0.25, 0.3) is 0 Å². The highest BCUT2D eigenvalue weighted by Crippen LogP contribution is 2.28. The summed E-state index contributed by atoms with van der Waals surface area (Å²) in [6.07, 6.45) is 4.87. The van der Waals surface area contributed by atoms with Gasteiger partial charge in [-0.15, -0.1) is 0 Å². The van der Waals surface area contributed by atoms with E-state index in [0.29, 0.717) is 31.9 Å². The van der Waals surface area contributed by atoms with Gasteiger partial charge in [0.2, 0.25) is 0 Å². The number of hydrogen-bond donors (Lipinski definition) is 1. The molecule has 1 N–H and O–H groups in total. The predicted molar refractivity (Wildman–Crippen MR) is 85.7 cm³/mol. The zero-order valence-electron chi connectivity index (χ0n) is 13.2. The Morgan fingerprint density at radius 2 is 2.05 bits per heavy atom. The Labute approximate surface area is 133 Å². The molecule has 3 unspecified atom stereocenters. The fraction of sp³-hybridized carbons (Fsp3) is 0.667. The van der Waals surface area contributed by atoms with Gasteiger partial charge in [0.1, 0.15) is 0 Å². The van der Waals surface area contributed by atoms with Gasteiger partial charge in [0.05, 0.1) is 32.0 Å². The zero-order valence-corrected chi connectivity index (χ0v) is 13.2. The number of benzene rings is 1. The molecule has 1 aromatic rings. The minimum atomic E-state index is -0.426. The Morgan fingerprint density at radius 3 is 2.91 bits per heavy atom. The second-order valence-corrected chi connectivity index (χ2v) is 6.41. The maximum atomic E-state index is 10.3. The fourth-order valence-corrected chi connectivity index (χ4v) is 3.61. The van der Waals surface area contributed by atoms with Crippen LogP contribution in [0.2, 0.25) is 0 Å². The minimum absolute atomic E-state index is 0.375. The number of ether oxygens (including phenoxy) is 2. The molecule has 2 aliphatic rings. The van der Waals surface area contributed by atoms with Crippen LogP contribution in [0.15, 0.2) is 30.3 Å². The summed E-state index contributed by atoms with van der Waals surface area (Å²) >= 11 is 0. The molecular formula is C18H27NO3. The number of aliphatic hydroxyl groups excluding tert-OH is 1. The molecule has 4 nitrogen and oxygen atoms in total. The third-order valence-electron chi connectivity index (χ3n) is 4.71. The average molecular weight is 305 g/mol. The van der Waals surface area contributed by atoms with E-state index in [0.717, 1.165) is 18.7 Å². The quantitative estimate of drug-likeness (QED) is 0.875. The first kappa shape index (κ1) is 15.9. The van der Waals surface area contributed by atoms with Crippen molar-refractivity contribution >= 4 is 0 Å². The van der Waals surface area contributed by atoms with Gasteiger partial charge in [-0.25, -0.2) is 0 Å². The molecule has 1 heterocycles. The maximum Gasteiger partial charge on any atom is 0.0900 e. The molecule has 122 valence electrons. The van der Waals surface area contributed by atoms with Crippen LogP contribution in [0.3, 0.4) is 0 Å². The largest absolute Gasteiger partial charge is 0.389 e. The van der Waals surface area contributed by atoms with Gasteiger partial charge in [0.25, 0.3) is 0 Å². The van der Waals surface area contributed by atoms with Gasteiger partial charge in [-0.3, -0.25) is 4.90 Å². The van der Waals surface area contributed by atoms with E-state index in [9.17, 15) is 5.11 Å². The second-order valence-electron chi connectivity index (χ2n) is 6.41. The van der Waals surface area contributed by atoms with Crippen molar-refractivity contribution < 1.29 is 14.6 Å². The number of hydrogen-bond acceptors (Lipinski definition) is 4. The predicted octanol–water partition coefficient (Wildman–Crippen LogP) is 2.21. The van der Waals surface area contributed by atoms with Gasteiger partial charge >= 0.3 is 0 Å². The van der Waals surface area contributed by atoms with Gasteiger partial charge in [-0.05, 0) is 18.4 Å². The molecule has 1 aliphatic heterocycles. The monoisotopic (exact) mass is 305 g/mol. The molecule has 0 aromatic heterocycles. The summed E-state index contributed by atoms with van der Waals surface area (Å²) in [5, 5.41) is 10.3. The second kappa shape index (κ2) is 8.06. The van der Waals surface area contributed by atoms with E-state index in [-0.39, 0.29) is 0 Å². The first-order valence-corrected chi connectivity index (χ1v) is 8.48. The molecule has 0 bridgehead atoms. The van der Waals surface area contributed by atoms with Crippen molar-refractivity contribution in [3.63, 3.8) is 0 Å². The molecule has 1 aromatic carbocycles. The molecule has 1 saturated carbocycles. The summed E-state index contributed by atoms with van der Waals surface area (Å²) in [6.45, 7) is 3.37. The number of rotatable bonds is 6. The van der Waals surface area contributed by atoms with Crippen molar-refractivity contribution in [3.8, 4) is 0 Å². The topological polar surface area (TPSA) is 41.9 Å². The van der Waals surface area contributed by atoms with E-state index in [4.69, 9.17) is 9.47 Å². The lowest BCUT2D eigenvalue weighted by Gasteiger charge is -2.44. The highest BCUT2D eigenvalue weighted by atomic mass is 16.5. The van der Waals surface area contributed by atoms with Crippen LogP contribution in [-0.2, 0) is 16.1 Å². The zero-order chi connectivity index (χ0) is 15.2. The lowest BCUT2D eigenvalue weighted by Crippen LogP contribution is -2.54. The van der Waals surface area contributed by atoms with Crippen molar-refractivity contribution in [1.29, 1.82) is 0 Å². The lowest BCUT2D eigenvalue weighted by molar-refractivity contribution is -0.103. The third kappa shape index (κ3) is 4.29. The Balaban J connectivity index is 1.41. The van der Waals surface area contributed by atoms with Crippen molar-refractivity contribution in [2.24, 2.45) is 0 Å². The number of nitrogens with zero attached hydrogens (tertiary/aromatic N) is 1. The van der Waals surface area contributed by atoms with Crippen LogP contribution < -0.4 is 0 Å². The number of β-amino-alcohol motifs (C(OH)–C–C–N with tert-alkyl or cyclic N) is 1. The maximum absolute atomic E-state index is 10.3. The van der Waals surface area contributed by atoms with Crippen LogP contribution in [0.4, 0.5) is 0 Å². The van der Waals surface area contributed by atoms with Crippen LogP contribution >= 0.6 is 0 Å². The first-order chi connectivity index (χ1) is 10.8. The molecule has 3 rings (SSSR count). The highest BCUT2D eigenvalue weighted by Gasteiger charge is 2.34. The summed E-state index contributed by atoms with van der Waals surface area (Å²) in [5.74, 6) is 0. The third-order valence-corrected chi connectivity index (χ3v) is 4.71. The summed E-state index contributed by atoms with van der Waals surface area (Å²) in [7, 11) is 0. The van der Waals surface area contributed by atoms with E-state index < -0.39 is 6.10 Å². The van der Waals surface area contributed by atoms with E-state index in [1.165, 1.54) is 25.7 Å². The van der Waals surface area contributed by atoms with Crippen LogP contribution in [0.5, 0.6) is 0 Å². The Morgan fingerprint density at radius 1 is 1.23 bits per heavy atom. The van der Waals surface area contributed by atoms with Crippen molar-refractivity contribution in [3.05, 3.63) is 35.9 Å². The van der Waals surface area contributed by atoms with Crippen molar-refractivity contribution in [2.75, 3.05) is 26.3 Å². The molecule has 3 atom stereocenters. The molecule has 0 spiro atoms. The van der Waals surface area contributed by atoms with E-state index in [1.54, 1.807) is 0 Å². The molecule has 0 amide bonds. The summed E-state index contributed by atoms with van der Waals surface area (Å²) in [5.41, 5.74) is 1.15. The Hall–Kier alpha value is -0.940. The van der Waals surface area contributed by atoms with E-state index in [2.05, 4.69) is 4.90 Å². The standard InChI is InChI=1S/C18H27NO3/c20-16(14-21-13-15-6-2-1-3-7-15)12-19-10-11-22-18-9-5-4-8-17(18)19/h1-3,6-7,16-18,20H,4-5,8-14H2. The molecule has 2 fully saturated rings. The molecule has 1 saturated heterocycles. The molecule has 1 aliphatic carbocycles. The molecular weight excluding hydrogens is 278 g/mol. The van der Waals surface area contributed by atoms with Crippen molar-refractivity contribution in [1.82, 2.24) is 4.90 Å². The number of morpholine rings is 1. The SMILES string of the molecule is OC(COCc1ccccc1)CN1CCOC2CCCCC21. The number of fused-ring (bicyclic) bond motifs is 1. The van der Waals surface area contributed by atoms with E-state index in [1.807, 2.05) is 30.3 Å². The van der Waals surface area contributed by atoms with Gasteiger partial charge in [-0.1, -0.05) is 43.2 Å². The van der Waals surface area contributed by atoms with Gasteiger partial charge in [-0.2, -0.15) is 0 Å². The van der Waals surface area contributed by atoms with Crippen molar-refractivity contribution in [2.45, 2.75) is 50.5 Å². The molecule has 4 heteroatoms. The smallest absolute Gasteiger partial charge is 0.0900 e. The number of aliphatic hydroxyl groups is 1. The lowest BCUT2D eigenvalue weighted by atomic mass is 9.90. The molecule has 0 radical (unpaired) electrons. The van der Waals surface area contributed by atoms with Crippen LogP contribution in [-0.4, -0.2) is 54.6 Å². The van der Waals surface area contributed by atoms with E-state index >= 15 is 0 Å². The van der Waals surface area contributed by atoms with Gasteiger partial charge in [0.15, 0.2) is 0 Å². The highest BCUT2D eigenvalue weighted by molar-refractivity contribution is 5.13. The van der Waals surface area contributed by atoms with Crippen LogP contribution in [0.1, 0.15) is 31.2 Å². The summed E-state index contributed by atoms with van der Waals surface area (Å²) in [4.78, 5) is 2.41. The van der Waals surface area contributed by atoms with Gasteiger partial charge < -0.3 is 14.6 Å². The summed E-state index contributed by atoms with van der Waals surface area (Å²) in [6, 6.07) is 10.6. The molecule has 22 heavy (non-hydrogen) atoms.